The van der Waals surface area contributed by atoms with Gasteiger partial charge in [0.1, 0.15) is 5.69 Å². The van der Waals surface area contributed by atoms with Crippen LogP contribution >= 0.6 is 11.6 Å². The van der Waals surface area contributed by atoms with E-state index in [2.05, 4.69) is 38.6 Å². The van der Waals surface area contributed by atoms with Crippen molar-refractivity contribution in [2.45, 2.75) is 25.8 Å². The molecule has 1 amide bonds. The Balaban J connectivity index is 1.31. The van der Waals surface area contributed by atoms with Crippen LogP contribution in [0.1, 0.15) is 32.9 Å². The summed E-state index contributed by atoms with van der Waals surface area (Å²) in [6.45, 7) is 1.17. The first-order valence-electron chi connectivity index (χ1n) is 10.5. The summed E-state index contributed by atoms with van der Waals surface area (Å²) in [7, 11) is 0. The van der Waals surface area contributed by atoms with Crippen molar-refractivity contribution in [3.8, 4) is 22.5 Å². The highest BCUT2D eigenvalue weighted by molar-refractivity contribution is 6.30. The average Bonchev–Trinajstić information content (AvgIpc) is 3.43. The van der Waals surface area contributed by atoms with E-state index in [4.69, 9.17) is 11.6 Å². The van der Waals surface area contributed by atoms with Gasteiger partial charge in [-0.3, -0.25) is 15.0 Å². The van der Waals surface area contributed by atoms with E-state index < -0.39 is 0 Å². The number of carbonyl (C=O) groups is 1. The molecule has 0 atom stereocenters. The fourth-order valence-corrected chi connectivity index (χ4v) is 4.84. The lowest BCUT2D eigenvalue weighted by Crippen LogP contribution is -2.36. The Labute approximate surface area is 184 Å². The highest BCUT2D eigenvalue weighted by Crippen LogP contribution is 2.35. The van der Waals surface area contributed by atoms with Gasteiger partial charge in [0, 0.05) is 45.9 Å². The third kappa shape index (κ3) is 2.98. The summed E-state index contributed by atoms with van der Waals surface area (Å²) in [6.07, 6.45) is 2.50. The molecule has 31 heavy (non-hydrogen) atoms. The zero-order chi connectivity index (χ0) is 20.9. The molecule has 0 saturated heterocycles. The van der Waals surface area contributed by atoms with Crippen molar-refractivity contribution >= 4 is 17.5 Å². The standard InChI is InChI=1S/C24H20ClN5O/c25-16-8-5-15(6-9-16)21-19-13-30(12-11-20(19)26-27-21)24(31)23-18-10-7-14-3-1-2-4-17(14)22(18)28-29-23/h1-6,8-9H,7,10-13H2,(H,26,27)(H,28,29). The Morgan fingerprint density at radius 1 is 0.903 bits per heavy atom. The molecule has 0 radical (unpaired) electrons. The Morgan fingerprint density at radius 2 is 1.71 bits per heavy atom. The number of halogens is 1. The number of hydrogen-bond donors (Lipinski definition) is 2. The van der Waals surface area contributed by atoms with Crippen molar-refractivity contribution in [3.05, 3.63) is 81.6 Å². The number of aromatic nitrogens is 4. The van der Waals surface area contributed by atoms with Crippen LogP contribution in [0, 0.1) is 0 Å². The molecule has 154 valence electrons. The smallest absolute Gasteiger partial charge is 0.272 e. The van der Waals surface area contributed by atoms with Crippen molar-refractivity contribution in [2.24, 2.45) is 0 Å². The predicted molar refractivity (Wildman–Crippen MR) is 119 cm³/mol. The van der Waals surface area contributed by atoms with Crippen LogP contribution in [-0.2, 0) is 25.8 Å². The summed E-state index contributed by atoms with van der Waals surface area (Å²) in [5.41, 5.74) is 9.00. The van der Waals surface area contributed by atoms with Gasteiger partial charge in [-0.25, -0.2) is 0 Å². The molecule has 2 aromatic heterocycles. The molecule has 2 aliphatic rings. The first-order valence-corrected chi connectivity index (χ1v) is 10.8. The van der Waals surface area contributed by atoms with E-state index in [1.54, 1.807) is 0 Å². The molecular weight excluding hydrogens is 410 g/mol. The van der Waals surface area contributed by atoms with Gasteiger partial charge in [0.2, 0.25) is 0 Å². The van der Waals surface area contributed by atoms with Crippen molar-refractivity contribution < 1.29 is 4.79 Å². The zero-order valence-corrected chi connectivity index (χ0v) is 17.5. The van der Waals surface area contributed by atoms with E-state index in [9.17, 15) is 4.79 Å². The summed E-state index contributed by atoms with van der Waals surface area (Å²) in [6, 6.07) is 15.9. The van der Waals surface area contributed by atoms with Crippen LogP contribution < -0.4 is 0 Å². The SMILES string of the molecule is O=C(c1[nH]nc2c1CCc1ccccc1-2)N1CCc2[nH]nc(-c3ccc(Cl)cc3)c2C1. The van der Waals surface area contributed by atoms with E-state index in [0.717, 1.165) is 58.6 Å². The quantitative estimate of drug-likeness (QED) is 0.495. The average molecular weight is 430 g/mol. The minimum Gasteiger partial charge on any atom is -0.332 e. The van der Waals surface area contributed by atoms with E-state index in [-0.39, 0.29) is 5.91 Å². The minimum atomic E-state index is 0.00189. The van der Waals surface area contributed by atoms with Gasteiger partial charge in [-0.15, -0.1) is 0 Å². The molecular formula is C24H20ClN5O. The molecule has 0 spiro atoms. The lowest BCUT2D eigenvalue weighted by molar-refractivity contribution is 0.0727. The van der Waals surface area contributed by atoms with Crippen LogP contribution in [0.3, 0.4) is 0 Å². The summed E-state index contributed by atoms with van der Waals surface area (Å²) in [4.78, 5) is 15.4. The van der Waals surface area contributed by atoms with Gasteiger partial charge in [0.25, 0.3) is 5.91 Å². The first-order chi connectivity index (χ1) is 15.2. The molecule has 6 nitrogen and oxygen atoms in total. The number of amides is 1. The fourth-order valence-electron chi connectivity index (χ4n) is 4.71. The molecule has 7 heteroatoms. The first kappa shape index (κ1) is 18.4. The van der Waals surface area contributed by atoms with Crippen LogP contribution in [0.5, 0.6) is 0 Å². The molecule has 0 unspecified atom stereocenters. The highest BCUT2D eigenvalue weighted by atomic mass is 35.5. The Bertz CT molecular complexity index is 1300. The predicted octanol–water partition coefficient (Wildman–Crippen LogP) is 4.42. The zero-order valence-electron chi connectivity index (χ0n) is 16.8. The number of aromatic amines is 2. The third-order valence-corrected chi connectivity index (χ3v) is 6.59. The maximum atomic E-state index is 13.5. The molecule has 0 fully saturated rings. The van der Waals surface area contributed by atoms with Crippen molar-refractivity contribution in [2.75, 3.05) is 6.54 Å². The lowest BCUT2D eigenvalue weighted by atomic mass is 9.89. The van der Waals surface area contributed by atoms with Crippen molar-refractivity contribution in [1.82, 2.24) is 25.3 Å². The maximum absolute atomic E-state index is 13.5. The molecule has 6 rings (SSSR count). The molecule has 3 heterocycles. The number of H-pyrrole nitrogens is 2. The van der Waals surface area contributed by atoms with E-state index in [0.29, 0.717) is 23.8 Å². The van der Waals surface area contributed by atoms with Gasteiger partial charge in [-0.05, 0) is 30.5 Å². The molecule has 1 aliphatic heterocycles. The fraction of sp³-hybridized carbons (Fsp3) is 0.208. The monoisotopic (exact) mass is 429 g/mol. The summed E-state index contributed by atoms with van der Waals surface area (Å²) >= 11 is 6.04. The van der Waals surface area contributed by atoms with Gasteiger partial charge >= 0.3 is 0 Å². The van der Waals surface area contributed by atoms with Gasteiger partial charge in [0.05, 0.1) is 17.9 Å². The molecule has 1 aliphatic carbocycles. The number of aryl methyl sites for hydroxylation is 1. The Hall–Kier alpha value is -3.38. The molecule has 0 bridgehead atoms. The number of nitrogens with zero attached hydrogens (tertiary/aromatic N) is 3. The second-order valence-corrected chi connectivity index (χ2v) is 8.53. The summed E-state index contributed by atoms with van der Waals surface area (Å²) in [5, 5.41) is 15.9. The molecule has 2 N–H and O–H groups in total. The largest absolute Gasteiger partial charge is 0.332 e. The van der Waals surface area contributed by atoms with E-state index in [1.807, 2.05) is 35.2 Å². The van der Waals surface area contributed by atoms with Crippen LogP contribution in [0.15, 0.2) is 48.5 Å². The van der Waals surface area contributed by atoms with Gasteiger partial charge in [-0.2, -0.15) is 10.2 Å². The van der Waals surface area contributed by atoms with Crippen LogP contribution in [-0.4, -0.2) is 37.7 Å². The van der Waals surface area contributed by atoms with Gasteiger partial charge < -0.3 is 4.90 Å². The summed E-state index contributed by atoms with van der Waals surface area (Å²) in [5.74, 6) is 0.00189. The lowest BCUT2D eigenvalue weighted by Gasteiger charge is -2.27. The van der Waals surface area contributed by atoms with Gasteiger partial charge in [-0.1, -0.05) is 48.0 Å². The topological polar surface area (TPSA) is 77.7 Å². The normalized spacial score (nSPS) is 14.7. The molecule has 4 aromatic rings. The van der Waals surface area contributed by atoms with Crippen LogP contribution in [0.4, 0.5) is 0 Å². The Kier molecular flexibility index (Phi) is 4.21. The maximum Gasteiger partial charge on any atom is 0.272 e. The van der Waals surface area contributed by atoms with Gasteiger partial charge in [0.15, 0.2) is 0 Å². The molecule has 2 aromatic carbocycles. The number of carbonyl (C=O) groups excluding carboxylic acids is 1. The van der Waals surface area contributed by atoms with Crippen LogP contribution in [0.25, 0.3) is 22.5 Å². The Morgan fingerprint density at radius 3 is 2.58 bits per heavy atom. The minimum absolute atomic E-state index is 0.00189. The highest BCUT2D eigenvalue weighted by Gasteiger charge is 2.31. The molecule has 0 saturated carbocycles. The number of fused-ring (bicyclic) bond motifs is 4. The van der Waals surface area contributed by atoms with Crippen molar-refractivity contribution in [1.29, 1.82) is 0 Å². The van der Waals surface area contributed by atoms with Crippen molar-refractivity contribution in [3.63, 3.8) is 0 Å². The second kappa shape index (κ2) is 7.10. The number of benzene rings is 2. The summed E-state index contributed by atoms with van der Waals surface area (Å²) < 4.78 is 0. The number of hydrogen-bond acceptors (Lipinski definition) is 3. The second-order valence-electron chi connectivity index (χ2n) is 8.10. The number of rotatable bonds is 2. The third-order valence-electron chi connectivity index (χ3n) is 6.34. The van der Waals surface area contributed by atoms with E-state index >= 15 is 0 Å². The van der Waals surface area contributed by atoms with E-state index in [1.165, 1.54) is 5.56 Å². The van der Waals surface area contributed by atoms with Crippen LogP contribution in [0.2, 0.25) is 5.02 Å². The number of nitrogens with one attached hydrogen (secondary N) is 2.